The van der Waals surface area contributed by atoms with Crippen LogP contribution in [0.25, 0.3) is 0 Å². The van der Waals surface area contributed by atoms with Crippen molar-refractivity contribution in [3.05, 3.63) is 29.8 Å². The Kier molecular flexibility index (Phi) is 2.49. The van der Waals surface area contributed by atoms with Crippen molar-refractivity contribution in [2.45, 2.75) is 12.8 Å². The highest BCUT2D eigenvalue weighted by atomic mass is 16.5. The monoisotopic (exact) mass is 205 g/mol. The third-order valence-corrected chi connectivity index (χ3v) is 3.08. The zero-order valence-corrected chi connectivity index (χ0v) is 8.82. The van der Waals surface area contributed by atoms with E-state index in [9.17, 15) is 4.79 Å². The number of ether oxygens (including phenoxy) is 1. The van der Waals surface area contributed by atoms with Crippen LogP contribution in [0.3, 0.4) is 0 Å². The molecule has 1 fully saturated rings. The van der Waals surface area contributed by atoms with Crippen molar-refractivity contribution in [1.29, 1.82) is 0 Å². The second-order valence-corrected chi connectivity index (χ2v) is 4.04. The lowest BCUT2D eigenvalue weighted by Gasteiger charge is -2.10. The molecule has 0 aliphatic heterocycles. The van der Waals surface area contributed by atoms with E-state index in [0.717, 1.165) is 24.2 Å². The first-order chi connectivity index (χ1) is 7.22. The number of benzene rings is 1. The van der Waals surface area contributed by atoms with E-state index >= 15 is 0 Å². The SMILES string of the molecule is COc1ccc(C(=O)C2(CN)CC2)cc1. The Hall–Kier alpha value is -1.35. The Bertz CT molecular complexity index is 366. The maximum atomic E-state index is 12.0. The van der Waals surface area contributed by atoms with Gasteiger partial charge in [0.15, 0.2) is 5.78 Å². The van der Waals surface area contributed by atoms with Crippen LogP contribution in [0, 0.1) is 5.41 Å². The number of methoxy groups -OCH3 is 1. The molecule has 0 aromatic heterocycles. The van der Waals surface area contributed by atoms with Gasteiger partial charge in [-0.3, -0.25) is 4.79 Å². The molecule has 1 aliphatic carbocycles. The molecule has 1 aromatic rings. The predicted molar refractivity (Wildman–Crippen MR) is 58.0 cm³/mol. The standard InChI is InChI=1S/C12H15NO2/c1-15-10-4-2-9(3-5-10)11(14)12(8-13)6-7-12/h2-5H,6-8,13H2,1H3. The van der Waals surface area contributed by atoms with Crippen molar-refractivity contribution in [1.82, 2.24) is 0 Å². The summed E-state index contributed by atoms with van der Waals surface area (Å²) in [6, 6.07) is 7.22. The molecule has 15 heavy (non-hydrogen) atoms. The smallest absolute Gasteiger partial charge is 0.170 e. The molecule has 2 rings (SSSR count). The highest BCUT2D eigenvalue weighted by molar-refractivity contribution is 6.02. The summed E-state index contributed by atoms with van der Waals surface area (Å²) < 4.78 is 5.04. The van der Waals surface area contributed by atoms with Crippen LogP contribution in [0.5, 0.6) is 5.75 Å². The van der Waals surface area contributed by atoms with Gasteiger partial charge in [-0.1, -0.05) is 0 Å². The van der Waals surface area contributed by atoms with Crippen LogP contribution in [-0.4, -0.2) is 19.4 Å². The number of Topliss-reactive ketones (excluding diaryl/α,β-unsaturated/α-hetero) is 1. The lowest BCUT2D eigenvalue weighted by molar-refractivity contribution is 0.0905. The topological polar surface area (TPSA) is 52.3 Å². The Morgan fingerprint density at radius 3 is 2.40 bits per heavy atom. The lowest BCUT2D eigenvalue weighted by atomic mass is 9.95. The molecule has 1 aromatic carbocycles. The zero-order valence-electron chi connectivity index (χ0n) is 8.82. The van der Waals surface area contributed by atoms with Crippen molar-refractivity contribution in [3.8, 4) is 5.75 Å². The second-order valence-electron chi connectivity index (χ2n) is 4.04. The van der Waals surface area contributed by atoms with E-state index in [1.54, 1.807) is 31.4 Å². The molecule has 0 radical (unpaired) electrons. The van der Waals surface area contributed by atoms with Gasteiger partial charge in [0.25, 0.3) is 0 Å². The molecule has 0 saturated heterocycles. The summed E-state index contributed by atoms with van der Waals surface area (Å²) >= 11 is 0. The average Bonchev–Trinajstić information content (AvgIpc) is 3.09. The predicted octanol–water partition coefficient (Wildman–Crippen LogP) is 1.62. The van der Waals surface area contributed by atoms with Crippen molar-refractivity contribution in [2.75, 3.05) is 13.7 Å². The number of hydrogen-bond donors (Lipinski definition) is 1. The van der Waals surface area contributed by atoms with Crippen LogP contribution in [-0.2, 0) is 0 Å². The molecule has 1 saturated carbocycles. The summed E-state index contributed by atoms with van der Waals surface area (Å²) in [6.45, 7) is 0.456. The Morgan fingerprint density at radius 1 is 1.40 bits per heavy atom. The molecule has 0 atom stereocenters. The number of rotatable bonds is 4. The zero-order chi connectivity index (χ0) is 10.9. The molecule has 3 nitrogen and oxygen atoms in total. The van der Waals surface area contributed by atoms with E-state index in [2.05, 4.69) is 0 Å². The fourth-order valence-electron chi connectivity index (χ4n) is 1.72. The Labute approximate surface area is 89.2 Å². The van der Waals surface area contributed by atoms with E-state index in [4.69, 9.17) is 10.5 Å². The van der Waals surface area contributed by atoms with Crippen molar-refractivity contribution in [2.24, 2.45) is 11.1 Å². The number of carbonyl (C=O) groups is 1. The van der Waals surface area contributed by atoms with Gasteiger partial charge in [0.2, 0.25) is 0 Å². The molecular weight excluding hydrogens is 190 g/mol. The van der Waals surface area contributed by atoms with Gasteiger partial charge in [0, 0.05) is 17.5 Å². The summed E-state index contributed by atoms with van der Waals surface area (Å²) in [5, 5.41) is 0. The lowest BCUT2D eigenvalue weighted by Crippen LogP contribution is -2.25. The Morgan fingerprint density at radius 2 is 2.00 bits per heavy atom. The maximum absolute atomic E-state index is 12.0. The molecule has 0 unspecified atom stereocenters. The fourth-order valence-corrected chi connectivity index (χ4v) is 1.72. The van der Waals surface area contributed by atoms with Crippen LogP contribution in [0.2, 0.25) is 0 Å². The highest BCUT2D eigenvalue weighted by Crippen LogP contribution is 2.47. The van der Waals surface area contributed by atoms with E-state index in [0.29, 0.717) is 6.54 Å². The van der Waals surface area contributed by atoms with Gasteiger partial charge in [0.05, 0.1) is 7.11 Å². The number of carbonyl (C=O) groups excluding carboxylic acids is 1. The number of ketones is 1. The Balaban J connectivity index is 2.19. The third kappa shape index (κ3) is 1.75. The van der Waals surface area contributed by atoms with Crippen molar-refractivity contribution >= 4 is 5.78 Å². The summed E-state index contributed by atoms with van der Waals surface area (Å²) in [5.41, 5.74) is 6.10. The minimum atomic E-state index is -0.255. The van der Waals surface area contributed by atoms with Crippen LogP contribution >= 0.6 is 0 Å². The first-order valence-corrected chi connectivity index (χ1v) is 5.11. The average molecular weight is 205 g/mol. The van der Waals surface area contributed by atoms with Gasteiger partial charge < -0.3 is 10.5 Å². The van der Waals surface area contributed by atoms with Gasteiger partial charge in [0.1, 0.15) is 5.75 Å². The molecule has 0 amide bonds. The van der Waals surface area contributed by atoms with Gasteiger partial charge >= 0.3 is 0 Å². The molecule has 0 bridgehead atoms. The third-order valence-electron chi connectivity index (χ3n) is 3.08. The summed E-state index contributed by atoms with van der Waals surface area (Å²) in [7, 11) is 1.61. The minimum Gasteiger partial charge on any atom is -0.497 e. The fraction of sp³-hybridized carbons (Fsp3) is 0.417. The molecule has 3 heteroatoms. The molecule has 2 N–H and O–H groups in total. The second kappa shape index (κ2) is 3.66. The first-order valence-electron chi connectivity index (χ1n) is 5.11. The molecule has 0 heterocycles. The highest BCUT2D eigenvalue weighted by Gasteiger charge is 2.48. The number of nitrogens with two attached hydrogens (primary N) is 1. The summed E-state index contributed by atoms with van der Waals surface area (Å²) in [6.07, 6.45) is 1.85. The van der Waals surface area contributed by atoms with Gasteiger partial charge in [-0.25, -0.2) is 0 Å². The van der Waals surface area contributed by atoms with Crippen molar-refractivity contribution < 1.29 is 9.53 Å². The quantitative estimate of drug-likeness (QED) is 0.760. The van der Waals surface area contributed by atoms with Gasteiger partial charge in [-0.15, -0.1) is 0 Å². The summed E-state index contributed by atoms with van der Waals surface area (Å²) in [5.74, 6) is 0.941. The van der Waals surface area contributed by atoms with E-state index in [-0.39, 0.29) is 11.2 Å². The molecule has 1 aliphatic rings. The summed E-state index contributed by atoms with van der Waals surface area (Å²) in [4.78, 5) is 12.0. The largest absolute Gasteiger partial charge is 0.497 e. The van der Waals surface area contributed by atoms with Gasteiger partial charge in [-0.05, 0) is 37.1 Å². The normalized spacial score (nSPS) is 17.2. The molecule has 80 valence electrons. The van der Waals surface area contributed by atoms with Crippen molar-refractivity contribution in [3.63, 3.8) is 0 Å². The van der Waals surface area contributed by atoms with Crippen LogP contribution in [0.1, 0.15) is 23.2 Å². The van der Waals surface area contributed by atoms with Crippen LogP contribution < -0.4 is 10.5 Å². The van der Waals surface area contributed by atoms with E-state index < -0.39 is 0 Å². The maximum Gasteiger partial charge on any atom is 0.170 e. The van der Waals surface area contributed by atoms with E-state index in [1.165, 1.54) is 0 Å². The molecular formula is C12H15NO2. The van der Waals surface area contributed by atoms with E-state index in [1.807, 2.05) is 0 Å². The minimum absolute atomic E-state index is 0.174. The molecule has 0 spiro atoms. The van der Waals surface area contributed by atoms with Gasteiger partial charge in [-0.2, -0.15) is 0 Å². The number of hydrogen-bond acceptors (Lipinski definition) is 3. The van der Waals surface area contributed by atoms with Crippen LogP contribution in [0.15, 0.2) is 24.3 Å². The first kappa shape index (κ1) is 10.2. The van der Waals surface area contributed by atoms with Crippen LogP contribution in [0.4, 0.5) is 0 Å².